The highest BCUT2D eigenvalue weighted by molar-refractivity contribution is 14.1. The summed E-state index contributed by atoms with van der Waals surface area (Å²) >= 11 is 2.39. The zero-order valence-electron chi connectivity index (χ0n) is 11.9. The number of rotatable bonds is 6. The third-order valence-corrected chi connectivity index (χ3v) is 4.17. The second-order valence-corrected chi connectivity index (χ2v) is 5.82. The molecule has 3 heteroatoms. The molecule has 0 aliphatic carbocycles. The summed E-state index contributed by atoms with van der Waals surface area (Å²) in [5.41, 5.74) is 2.55. The Morgan fingerprint density at radius 1 is 1.10 bits per heavy atom. The van der Waals surface area contributed by atoms with Crippen LogP contribution < -0.4 is 10.1 Å². The van der Waals surface area contributed by atoms with Crippen molar-refractivity contribution in [2.75, 3.05) is 13.7 Å². The number of hydrogen-bond donors (Lipinski definition) is 1. The molecule has 2 nitrogen and oxygen atoms in total. The molecule has 0 spiro atoms. The summed E-state index contributed by atoms with van der Waals surface area (Å²) in [5, 5.41) is 3.39. The minimum atomic E-state index is 0.211. The van der Waals surface area contributed by atoms with Gasteiger partial charge in [0, 0.05) is 3.57 Å². The molecule has 0 aliphatic heterocycles. The SMILES string of the molecule is CCCOc1ccc(C(NC)c2ccccc2I)cc1. The lowest BCUT2D eigenvalue weighted by atomic mass is 9.99. The van der Waals surface area contributed by atoms with E-state index in [-0.39, 0.29) is 6.04 Å². The molecule has 0 fully saturated rings. The fourth-order valence-corrected chi connectivity index (χ4v) is 2.89. The minimum absolute atomic E-state index is 0.211. The standard InChI is InChI=1S/C17H20INO/c1-3-12-20-14-10-8-13(9-11-14)17(19-2)15-6-4-5-7-16(15)18/h4-11,17,19H,3,12H2,1-2H3. The first-order valence-electron chi connectivity index (χ1n) is 6.90. The van der Waals surface area contributed by atoms with Crippen molar-refractivity contribution in [1.82, 2.24) is 5.32 Å². The first-order chi connectivity index (χ1) is 9.76. The van der Waals surface area contributed by atoms with Gasteiger partial charge in [0.05, 0.1) is 12.6 Å². The zero-order chi connectivity index (χ0) is 14.4. The molecule has 1 unspecified atom stereocenters. The molecule has 2 aromatic carbocycles. The molecular formula is C17H20INO. The molecule has 0 bridgehead atoms. The fourth-order valence-electron chi connectivity index (χ4n) is 2.19. The van der Waals surface area contributed by atoms with Gasteiger partial charge in [-0.3, -0.25) is 0 Å². The summed E-state index contributed by atoms with van der Waals surface area (Å²) in [6, 6.07) is 17.0. The van der Waals surface area contributed by atoms with Crippen molar-refractivity contribution < 1.29 is 4.74 Å². The van der Waals surface area contributed by atoms with Gasteiger partial charge in [-0.25, -0.2) is 0 Å². The van der Waals surface area contributed by atoms with E-state index in [1.54, 1.807) is 0 Å². The van der Waals surface area contributed by atoms with E-state index in [0.29, 0.717) is 0 Å². The number of ether oxygens (including phenoxy) is 1. The van der Waals surface area contributed by atoms with Crippen LogP contribution in [0, 0.1) is 3.57 Å². The van der Waals surface area contributed by atoms with Gasteiger partial charge in [0.25, 0.3) is 0 Å². The van der Waals surface area contributed by atoms with Crippen molar-refractivity contribution in [2.45, 2.75) is 19.4 Å². The third kappa shape index (κ3) is 3.73. The molecule has 0 saturated carbocycles. The van der Waals surface area contributed by atoms with Crippen LogP contribution in [0.4, 0.5) is 0 Å². The van der Waals surface area contributed by atoms with Crippen molar-refractivity contribution >= 4 is 22.6 Å². The lowest BCUT2D eigenvalue weighted by Gasteiger charge is -2.19. The third-order valence-electron chi connectivity index (χ3n) is 3.19. The Kier molecular flexibility index (Phi) is 5.86. The number of benzene rings is 2. The van der Waals surface area contributed by atoms with Gasteiger partial charge in [0.1, 0.15) is 5.75 Å². The van der Waals surface area contributed by atoms with E-state index in [4.69, 9.17) is 4.74 Å². The van der Waals surface area contributed by atoms with Gasteiger partial charge in [0.2, 0.25) is 0 Å². The van der Waals surface area contributed by atoms with E-state index in [0.717, 1.165) is 18.8 Å². The highest BCUT2D eigenvalue weighted by atomic mass is 127. The summed E-state index contributed by atoms with van der Waals surface area (Å²) in [7, 11) is 2.00. The Morgan fingerprint density at radius 2 is 1.80 bits per heavy atom. The number of halogens is 1. The van der Waals surface area contributed by atoms with E-state index in [1.807, 2.05) is 19.2 Å². The second kappa shape index (κ2) is 7.64. The molecule has 0 saturated heterocycles. The Bertz CT molecular complexity index is 539. The molecule has 0 radical (unpaired) electrons. The number of hydrogen-bond acceptors (Lipinski definition) is 2. The molecule has 20 heavy (non-hydrogen) atoms. The largest absolute Gasteiger partial charge is 0.494 e. The quantitative estimate of drug-likeness (QED) is 0.750. The van der Waals surface area contributed by atoms with Gasteiger partial charge in [-0.15, -0.1) is 0 Å². The molecule has 2 aromatic rings. The van der Waals surface area contributed by atoms with E-state index < -0.39 is 0 Å². The van der Waals surface area contributed by atoms with Crippen LogP contribution in [0.5, 0.6) is 5.75 Å². The van der Waals surface area contributed by atoms with Gasteiger partial charge in [-0.1, -0.05) is 37.3 Å². The first-order valence-corrected chi connectivity index (χ1v) is 7.98. The van der Waals surface area contributed by atoms with Crippen LogP contribution in [0.3, 0.4) is 0 Å². The van der Waals surface area contributed by atoms with Crippen LogP contribution in [-0.4, -0.2) is 13.7 Å². The van der Waals surface area contributed by atoms with E-state index in [9.17, 15) is 0 Å². The average molecular weight is 381 g/mol. The van der Waals surface area contributed by atoms with Crippen molar-refractivity contribution in [3.8, 4) is 5.75 Å². The molecule has 0 amide bonds. The Balaban J connectivity index is 2.22. The predicted molar refractivity (Wildman–Crippen MR) is 92.3 cm³/mol. The topological polar surface area (TPSA) is 21.3 Å². The summed E-state index contributed by atoms with van der Waals surface area (Å²) in [5.74, 6) is 0.938. The van der Waals surface area contributed by atoms with Gasteiger partial charge in [-0.05, 0) is 65.4 Å². The summed E-state index contributed by atoms with van der Waals surface area (Å²) < 4.78 is 6.90. The van der Waals surface area contributed by atoms with Crippen LogP contribution in [0.1, 0.15) is 30.5 Å². The van der Waals surface area contributed by atoms with Crippen molar-refractivity contribution in [3.63, 3.8) is 0 Å². The maximum Gasteiger partial charge on any atom is 0.119 e. The summed E-state index contributed by atoms with van der Waals surface area (Å²) in [6.07, 6.45) is 1.03. The second-order valence-electron chi connectivity index (χ2n) is 4.66. The first kappa shape index (κ1) is 15.3. The minimum Gasteiger partial charge on any atom is -0.494 e. The van der Waals surface area contributed by atoms with Crippen LogP contribution in [0.2, 0.25) is 0 Å². The van der Waals surface area contributed by atoms with Gasteiger partial charge < -0.3 is 10.1 Å². The normalized spacial score (nSPS) is 12.2. The van der Waals surface area contributed by atoms with E-state index in [1.165, 1.54) is 14.7 Å². The fraction of sp³-hybridized carbons (Fsp3) is 0.294. The van der Waals surface area contributed by atoms with Crippen LogP contribution in [0.15, 0.2) is 48.5 Å². The lowest BCUT2D eigenvalue weighted by Crippen LogP contribution is -2.18. The average Bonchev–Trinajstić information content (AvgIpc) is 2.49. The molecule has 0 heterocycles. The van der Waals surface area contributed by atoms with Crippen LogP contribution in [0.25, 0.3) is 0 Å². The lowest BCUT2D eigenvalue weighted by molar-refractivity contribution is 0.317. The van der Waals surface area contributed by atoms with Crippen molar-refractivity contribution in [2.24, 2.45) is 0 Å². The Labute approximate surface area is 134 Å². The Morgan fingerprint density at radius 3 is 2.40 bits per heavy atom. The van der Waals surface area contributed by atoms with E-state index in [2.05, 4.69) is 71.2 Å². The van der Waals surface area contributed by atoms with Gasteiger partial charge in [-0.2, -0.15) is 0 Å². The molecule has 0 aromatic heterocycles. The van der Waals surface area contributed by atoms with Crippen molar-refractivity contribution in [3.05, 3.63) is 63.2 Å². The molecule has 106 valence electrons. The highest BCUT2D eigenvalue weighted by Crippen LogP contribution is 2.27. The maximum atomic E-state index is 5.63. The van der Waals surface area contributed by atoms with Crippen LogP contribution in [-0.2, 0) is 0 Å². The summed E-state index contributed by atoms with van der Waals surface area (Å²) in [6.45, 7) is 2.88. The molecule has 0 aliphatic rings. The predicted octanol–water partition coefficient (Wildman–Crippen LogP) is 4.39. The Hall–Kier alpha value is -1.07. The number of nitrogens with one attached hydrogen (secondary N) is 1. The molecular weight excluding hydrogens is 361 g/mol. The van der Waals surface area contributed by atoms with Crippen LogP contribution >= 0.6 is 22.6 Å². The van der Waals surface area contributed by atoms with E-state index >= 15 is 0 Å². The maximum absolute atomic E-state index is 5.63. The monoisotopic (exact) mass is 381 g/mol. The molecule has 2 rings (SSSR count). The van der Waals surface area contributed by atoms with Crippen molar-refractivity contribution in [1.29, 1.82) is 0 Å². The molecule has 1 atom stereocenters. The highest BCUT2D eigenvalue weighted by Gasteiger charge is 2.14. The van der Waals surface area contributed by atoms with Gasteiger partial charge >= 0.3 is 0 Å². The zero-order valence-corrected chi connectivity index (χ0v) is 14.1. The molecule has 1 N–H and O–H groups in total. The summed E-state index contributed by atoms with van der Waals surface area (Å²) in [4.78, 5) is 0. The van der Waals surface area contributed by atoms with Gasteiger partial charge in [0.15, 0.2) is 0 Å². The smallest absolute Gasteiger partial charge is 0.119 e.